The monoisotopic (exact) mass is 320 g/mol. The van der Waals surface area contributed by atoms with Gasteiger partial charge in [-0.2, -0.15) is 5.26 Å². The second-order valence-electron chi connectivity index (χ2n) is 6.05. The van der Waals surface area contributed by atoms with E-state index in [9.17, 15) is 4.79 Å². The van der Waals surface area contributed by atoms with Crippen molar-refractivity contribution in [1.29, 1.82) is 5.26 Å². The van der Waals surface area contributed by atoms with Gasteiger partial charge in [-0.15, -0.1) is 0 Å². The second-order valence-corrected chi connectivity index (χ2v) is 6.05. The zero-order valence-electron chi connectivity index (χ0n) is 13.5. The first-order valence-electron chi connectivity index (χ1n) is 8.28. The van der Waals surface area contributed by atoms with E-state index in [1.807, 2.05) is 18.2 Å². The third kappa shape index (κ3) is 3.90. The van der Waals surface area contributed by atoms with Crippen LogP contribution in [0.1, 0.15) is 48.0 Å². The van der Waals surface area contributed by atoms with Crippen LogP contribution < -0.4 is 10.6 Å². The highest BCUT2D eigenvalue weighted by atomic mass is 16.1. The molecular formula is C19H20N4O. The van der Waals surface area contributed by atoms with Gasteiger partial charge in [0.2, 0.25) is 0 Å². The van der Waals surface area contributed by atoms with Crippen molar-refractivity contribution in [3.8, 4) is 6.07 Å². The van der Waals surface area contributed by atoms with Gasteiger partial charge in [0.1, 0.15) is 6.07 Å². The lowest BCUT2D eigenvalue weighted by Crippen LogP contribution is -2.36. The molecule has 5 heteroatoms. The molecule has 0 spiro atoms. The zero-order chi connectivity index (χ0) is 16.8. The summed E-state index contributed by atoms with van der Waals surface area (Å²) in [6.07, 6.45) is 8.92. The topological polar surface area (TPSA) is 77.8 Å². The van der Waals surface area contributed by atoms with Crippen molar-refractivity contribution in [3.05, 3.63) is 53.9 Å². The highest BCUT2D eigenvalue weighted by molar-refractivity contribution is 5.95. The molecule has 0 aliphatic heterocycles. The number of nitrogens with zero attached hydrogens (tertiary/aromatic N) is 2. The molecule has 0 saturated heterocycles. The molecule has 1 aromatic carbocycles. The van der Waals surface area contributed by atoms with Crippen LogP contribution in [-0.2, 0) is 0 Å². The van der Waals surface area contributed by atoms with E-state index in [0.717, 1.165) is 12.8 Å². The van der Waals surface area contributed by atoms with Crippen molar-refractivity contribution in [2.24, 2.45) is 0 Å². The number of nitrogens with one attached hydrogen (secondary N) is 2. The first-order chi connectivity index (χ1) is 11.8. The van der Waals surface area contributed by atoms with Crippen LogP contribution >= 0.6 is 0 Å². The van der Waals surface area contributed by atoms with E-state index in [1.165, 1.54) is 19.3 Å². The number of rotatable bonds is 4. The molecule has 24 heavy (non-hydrogen) atoms. The first kappa shape index (κ1) is 16.0. The highest BCUT2D eigenvalue weighted by Gasteiger charge is 2.17. The number of nitriles is 1. The van der Waals surface area contributed by atoms with Crippen molar-refractivity contribution >= 4 is 17.3 Å². The van der Waals surface area contributed by atoms with E-state index in [1.54, 1.807) is 24.5 Å². The molecule has 3 rings (SSSR count). The van der Waals surface area contributed by atoms with Gasteiger partial charge < -0.3 is 10.6 Å². The van der Waals surface area contributed by atoms with E-state index < -0.39 is 0 Å². The normalized spacial score (nSPS) is 14.6. The van der Waals surface area contributed by atoms with Crippen molar-refractivity contribution in [2.45, 2.75) is 38.1 Å². The molecule has 0 bridgehead atoms. The van der Waals surface area contributed by atoms with Crippen molar-refractivity contribution in [3.63, 3.8) is 0 Å². The number of benzene rings is 1. The minimum atomic E-state index is -0.0911. The molecule has 1 saturated carbocycles. The number of pyridine rings is 1. The Morgan fingerprint density at radius 1 is 1.17 bits per heavy atom. The fourth-order valence-electron chi connectivity index (χ4n) is 2.99. The Kier molecular flexibility index (Phi) is 5.07. The maximum absolute atomic E-state index is 12.4. The lowest BCUT2D eigenvalue weighted by atomic mass is 9.95. The summed E-state index contributed by atoms with van der Waals surface area (Å²) in [5.74, 6) is -0.0911. The molecule has 2 aromatic rings. The number of anilines is 2. The fraction of sp³-hybridized carbons (Fsp3) is 0.316. The average Bonchev–Trinajstić information content (AvgIpc) is 2.63. The van der Waals surface area contributed by atoms with Crippen LogP contribution in [0.25, 0.3) is 0 Å². The number of aromatic nitrogens is 1. The van der Waals surface area contributed by atoms with Crippen LogP contribution in [0.3, 0.4) is 0 Å². The van der Waals surface area contributed by atoms with Crippen LogP contribution in [0.5, 0.6) is 0 Å². The summed E-state index contributed by atoms with van der Waals surface area (Å²) in [5.41, 5.74) is 2.47. The van der Waals surface area contributed by atoms with Gasteiger partial charge in [0.25, 0.3) is 5.91 Å². The van der Waals surface area contributed by atoms with Gasteiger partial charge in [0.15, 0.2) is 0 Å². The lowest BCUT2D eigenvalue weighted by molar-refractivity contribution is 0.0927. The van der Waals surface area contributed by atoms with Crippen LogP contribution in [-0.4, -0.2) is 16.9 Å². The van der Waals surface area contributed by atoms with Gasteiger partial charge in [-0.05, 0) is 31.0 Å². The van der Waals surface area contributed by atoms with Gasteiger partial charge in [0.05, 0.1) is 28.7 Å². The molecule has 5 nitrogen and oxygen atoms in total. The van der Waals surface area contributed by atoms with Gasteiger partial charge >= 0.3 is 0 Å². The first-order valence-corrected chi connectivity index (χ1v) is 8.28. The van der Waals surface area contributed by atoms with Crippen molar-refractivity contribution in [2.75, 3.05) is 5.32 Å². The minimum absolute atomic E-state index is 0.0911. The molecule has 1 aliphatic rings. The molecule has 1 amide bonds. The van der Waals surface area contributed by atoms with E-state index >= 15 is 0 Å². The van der Waals surface area contributed by atoms with E-state index in [0.29, 0.717) is 22.5 Å². The summed E-state index contributed by atoms with van der Waals surface area (Å²) in [6, 6.07) is 11.4. The van der Waals surface area contributed by atoms with Crippen molar-refractivity contribution < 1.29 is 4.79 Å². The molecule has 1 aliphatic carbocycles. The van der Waals surface area contributed by atoms with Gasteiger partial charge in [-0.1, -0.05) is 31.4 Å². The van der Waals surface area contributed by atoms with Gasteiger partial charge in [-0.3, -0.25) is 9.78 Å². The van der Waals surface area contributed by atoms with E-state index in [4.69, 9.17) is 5.26 Å². The van der Waals surface area contributed by atoms with Crippen LogP contribution in [0.4, 0.5) is 11.4 Å². The zero-order valence-corrected chi connectivity index (χ0v) is 13.5. The highest BCUT2D eigenvalue weighted by Crippen LogP contribution is 2.21. The molecule has 0 radical (unpaired) electrons. The van der Waals surface area contributed by atoms with Gasteiger partial charge in [-0.25, -0.2) is 0 Å². The standard InChI is InChI=1S/C19H20N4O/c20-11-14-6-4-5-9-18(14)22-17-10-15(12-21-13-17)19(24)23-16-7-2-1-3-8-16/h4-6,9-10,12-13,16,22H,1-3,7-8H2,(H,23,24). The van der Waals surface area contributed by atoms with Crippen LogP contribution in [0.15, 0.2) is 42.7 Å². The number of para-hydroxylation sites is 1. The molecule has 1 aromatic heterocycles. The molecular weight excluding hydrogens is 300 g/mol. The maximum atomic E-state index is 12.4. The smallest absolute Gasteiger partial charge is 0.253 e. The number of carbonyl (C=O) groups excluding carboxylic acids is 1. The molecule has 2 N–H and O–H groups in total. The third-order valence-corrected chi connectivity index (χ3v) is 4.27. The Balaban J connectivity index is 1.71. The van der Waals surface area contributed by atoms with Crippen LogP contribution in [0, 0.1) is 11.3 Å². The Hall–Kier alpha value is -2.87. The molecule has 1 fully saturated rings. The third-order valence-electron chi connectivity index (χ3n) is 4.27. The Bertz CT molecular complexity index is 760. The predicted octanol–water partition coefficient (Wildman–Crippen LogP) is 3.76. The number of amides is 1. The molecule has 1 heterocycles. The second kappa shape index (κ2) is 7.60. The van der Waals surface area contributed by atoms with E-state index in [-0.39, 0.29) is 11.9 Å². The summed E-state index contributed by atoms with van der Waals surface area (Å²) in [4.78, 5) is 16.6. The Morgan fingerprint density at radius 3 is 2.75 bits per heavy atom. The molecule has 0 atom stereocenters. The summed E-state index contributed by atoms with van der Waals surface area (Å²) in [6.45, 7) is 0. The van der Waals surface area contributed by atoms with Crippen LogP contribution in [0.2, 0.25) is 0 Å². The fourth-order valence-corrected chi connectivity index (χ4v) is 2.99. The average molecular weight is 320 g/mol. The molecule has 122 valence electrons. The Labute approximate surface area is 141 Å². The maximum Gasteiger partial charge on any atom is 0.253 e. The summed E-state index contributed by atoms with van der Waals surface area (Å²) >= 11 is 0. The number of hydrogen-bond acceptors (Lipinski definition) is 4. The minimum Gasteiger partial charge on any atom is -0.353 e. The quantitative estimate of drug-likeness (QED) is 0.899. The lowest BCUT2D eigenvalue weighted by Gasteiger charge is -2.22. The summed E-state index contributed by atoms with van der Waals surface area (Å²) in [7, 11) is 0. The van der Waals surface area contributed by atoms with Crippen molar-refractivity contribution in [1.82, 2.24) is 10.3 Å². The number of hydrogen-bond donors (Lipinski definition) is 2. The van der Waals surface area contributed by atoms with E-state index in [2.05, 4.69) is 21.7 Å². The summed E-state index contributed by atoms with van der Waals surface area (Å²) in [5, 5.41) is 15.4. The number of carbonyl (C=O) groups is 1. The Morgan fingerprint density at radius 2 is 1.96 bits per heavy atom. The van der Waals surface area contributed by atoms with Gasteiger partial charge in [0, 0.05) is 12.2 Å². The SMILES string of the molecule is N#Cc1ccccc1Nc1cncc(C(=O)NC2CCCCC2)c1. The molecule has 0 unspecified atom stereocenters. The summed E-state index contributed by atoms with van der Waals surface area (Å²) < 4.78 is 0. The predicted molar refractivity (Wildman–Crippen MR) is 93.0 cm³/mol. The largest absolute Gasteiger partial charge is 0.353 e.